The van der Waals surface area contributed by atoms with E-state index in [0.717, 1.165) is 12.0 Å². The predicted octanol–water partition coefficient (Wildman–Crippen LogP) is 4.26. The minimum absolute atomic E-state index is 0.00759. The number of ether oxygens (including phenoxy) is 3. The first-order valence-electron chi connectivity index (χ1n) is 7.50. The van der Waals surface area contributed by atoms with Crippen molar-refractivity contribution in [3.8, 4) is 11.5 Å². The minimum atomic E-state index is -0.435. The maximum absolute atomic E-state index is 11.1. The first-order chi connectivity index (χ1) is 11.6. The van der Waals surface area contributed by atoms with Gasteiger partial charge < -0.3 is 14.2 Å². The fourth-order valence-corrected chi connectivity index (χ4v) is 2.82. The van der Waals surface area contributed by atoms with Crippen LogP contribution in [0.15, 0.2) is 30.3 Å². The van der Waals surface area contributed by atoms with Gasteiger partial charge in [0, 0.05) is 28.3 Å². The summed E-state index contributed by atoms with van der Waals surface area (Å²) in [5.74, 6) is 1.25. The minimum Gasteiger partial charge on any atom is -0.489 e. The molecule has 24 heavy (non-hydrogen) atoms. The van der Waals surface area contributed by atoms with Gasteiger partial charge in [-0.25, -0.2) is 0 Å². The number of benzene rings is 2. The number of nitrogens with zero attached hydrogens (tertiary/aromatic N) is 1. The van der Waals surface area contributed by atoms with E-state index in [0.29, 0.717) is 27.6 Å². The lowest BCUT2D eigenvalue weighted by Gasteiger charge is -2.20. The molecule has 1 heterocycles. The number of aryl methyl sites for hydroxylation is 1. The van der Waals surface area contributed by atoms with Crippen molar-refractivity contribution < 1.29 is 19.1 Å². The van der Waals surface area contributed by atoms with Crippen molar-refractivity contribution in [3.05, 3.63) is 62.2 Å². The number of rotatable bonds is 5. The maximum atomic E-state index is 11.1. The highest BCUT2D eigenvalue weighted by Crippen LogP contribution is 2.33. The molecule has 2 aromatic carbocycles. The first kappa shape index (κ1) is 16.5. The van der Waals surface area contributed by atoms with Crippen LogP contribution in [0.4, 0.5) is 5.69 Å². The summed E-state index contributed by atoms with van der Waals surface area (Å²) in [5, 5.41) is 11.8. The van der Waals surface area contributed by atoms with Gasteiger partial charge >= 0.3 is 0 Å². The van der Waals surface area contributed by atoms with Crippen LogP contribution >= 0.6 is 11.6 Å². The molecule has 0 saturated heterocycles. The Balaban J connectivity index is 1.86. The molecule has 0 amide bonds. The Labute approximate surface area is 144 Å². The van der Waals surface area contributed by atoms with Gasteiger partial charge in [-0.1, -0.05) is 18.5 Å². The standard InChI is InChI=1S/C17H16ClNO5/c1-2-11-7-15(3-4-16(11)18)23-9-13-6-14(19(20)21)5-12-8-22-10-24-17(12)13/h3-7H,2,8-10H2,1H3. The molecule has 2 aromatic rings. The van der Waals surface area contributed by atoms with Crippen LogP contribution in [0.25, 0.3) is 0 Å². The van der Waals surface area contributed by atoms with Gasteiger partial charge in [-0.2, -0.15) is 0 Å². The van der Waals surface area contributed by atoms with E-state index in [1.807, 2.05) is 13.0 Å². The molecule has 1 aliphatic rings. The highest BCUT2D eigenvalue weighted by Gasteiger charge is 2.21. The molecule has 0 aromatic heterocycles. The number of fused-ring (bicyclic) bond motifs is 1. The fourth-order valence-electron chi connectivity index (χ4n) is 2.57. The molecule has 0 atom stereocenters. The number of halogens is 1. The fraction of sp³-hybridized carbons (Fsp3) is 0.294. The summed E-state index contributed by atoms with van der Waals surface area (Å²) in [5.41, 5.74) is 2.25. The molecule has 3 rings (SSSR count). The van der Waals surface area contributed by atoms with Crippen LogP contribution in [-0.4, -0.2) is 11.7 Å². The number of hydrogen-bond donors (Lipinski definition) is 0. The molecule has 0 fully saturated rings. The first-order valence-corrected chi connectivity index (χ1v) is 7.88. The molecule has 1 aliphatic heterocycles. The normalized spacial score (nSPS) is 13.1. The largest absolute Gasteiger partial charge is 0.489 e. The van der Waals surface area contributed by atoms with Crippen molar-refractivity contribution in [2.24, 2.45) is 0 Å². The van der Waals surface area contributed by atoms with E-state index < -0.39 is 4.92 Å². The van der Waals surface area contributed by atoms with E-state index in [1.54, 1.807) is 12.1 Å². The molecule has 0 radical (unpaired) electrons. The van der Waals surface area contributed by atoms with Gasteiger partial charge in [0.1, 0.15) is 18.1 Å². The SMILES string of the molecule is CCc1cc(OCc2cc([N+](=O)[O-])cc3c2OCOC3)ccc1Cl. The average molecular weight is 350 g/mol. The van der Waals surface area contributed by atoms with Crippen molar-refractivity contribution in [1.29, 1.82) is 0 Å². The van der Waals surface area contributed by atoms with E-state index in [9.17, 15) is 10.1 Å². The van der Waals surface area contributed by atoms with Gasteiger partial charge in [-0.05, 0) is 30.2 Å². The molecule has 7 heteroatoms. The second-order valence-electron chi connectivity index (χ2n) is 5.36. The predicted molar refractivity (Wildman–Crippen MR) is 88.5 cm³/mol. The zero-order valence-electron chi connectivity index (χ0n) is 13.1. The number of nitro groups is 1. The summed E-state index contributed by atoms with van der Waals surface area (Å²) >= 11 is 6.10. The van der Waals surface area contributed by atoms with Crippen LogP contribution in [0.5, 0.6) is 11.5 Å². The smallest absolute Gasteiger partial charge is 0.270 e. The Morgan fingerprint density at radius 3 is 2.88 bits per heavy atom. The lowest BCUT2D eigenvalue weighted by Crippen LogP contribution is -2.14. The molecule has 0 spiro atoms. The Kier molecular flexibility index (Phi) is 4.87. The quantitative estimate of drug-likeness (QED) is 0.596. The molecule has 0 unspecified atom stereocenters. The molecular formula is C17H16ClNO5. The average Bonchev–Trinajstić information content (AvgIpc) is 2.60. The summed E-state index contributed by atoms with van der Waals surface area (Å²) in [6.45, 7) is 2.58. The zero-order chi connectivity index (χ0) is 17.1. The molecule has 6 nitrogen and oxygen atoms in total. The second-order valence-corrected chi connectivity index (χ2v) is 5.76. The van der Waals surface area contributed by atoms with Crippen molar-refractivity contribution in [2.45, 2.75) is 26.6 Å². The zero-order valence-corrected chi connectivity index (χ0v) is 13.8. The molecule has 0 N–H and O–H groups in total. The monoisotopic (exact) mass is 349 g/mol. The molecule has 0 saturated carbocycles. The van der Waals surface area contributed by atoms with E-state index in [4.69, 9.17) is 25.8 Å². The Morgan fingerprint density at radius 2 is 2.12 bits per heavy atom. The van der Waals surface area contributed by atoms with Gasteiger partial charge in [0.15, 0.2) is 6.79 Å². The third-order valence-corrected chi connectivity index (χ3v) is 4.14. The Morgan fingerprint density at radius 1 is 1.29 bits per heavy atom. The lowest BCUT2D eigenvalue weighted by molar-refractivity contribution is -0.385. The topological polar surface area (TPSA) is 70.8 Å². The van der Waals surface area contributed by atoms with Gasteiger partial charge in [0.25, 0.3) is 5.69 Å². The van der Waals surface area contributed by atoms with Gasteiger partial charge in [-0.3, -0.25) is 10.1 Å². The molecule has 0 aliphatic carbocycles. The summed E-state index contributed by atoms with van der Waals surface area (Å²) in [4.78, 5) is 10.7. The van der Waals surface area contributed by atoms with Crippen molar-refractivity contribution in [2.75, 3.05) is 6.79 Å². The summed E-state index contributed by atoms with van der Waals surface area (Å²) < 4.78 is 16.5. The van der Waals surface area contributed by atoms with Crippen LogP contribution in [0.1, 0.15) is 23.6 Å². The third kappa shape index (κ3) is 3.44. The van der Waals surface area contributed by atoms with Gasteiger partial charge in [0.2, 0.25) is 0 Å². The van der Waals surface area contributed by atoms with E-state index in [-0.39, 0.29) is 25.7 Å². The Hall–Kier alpha value is -2.31. The summed E-state index contributed by atoms with van der Waals surface area (Å²) in [6, 6.07) is 8.37. The van der Waals surface area contributed by atoms with Gasteiger partial charge in [0.05, 0.1) is 11.5 Å². The number of non-ortho nitro benzene ring substituents is 1. The van der Waals surface area contributed by atoms with Crippen LogP contribution < -0.4 is 9.47 Å². The van der Waals surface area contributed by atoms with Crippen LogP contribution in [0.3, 0.4) is 0 Å². The maximum Gasteiger partial charge on any atom is 0.270 e. The highest BCUT2D eigenvalue weighted by molar-refractivity contribution is 6.31. The number of nitro benzene ring substituents is 1. The lowest BCUT2D eigenvalue weighted by atomic mass is 10.1. The molecule has 0 bridgehead atoms. The van der Waals surface area contributed by atoms with E-state index in [1.165, 1.54) is 12.1 Å². The van der Waals surface area contributed by atoms with E-state index in [2.05, 4.69) is 0 Å². The second kappa shape index (κ2) is 7.07. The third-order valence-electron chi connectivity index (χ3n) is 3.77. The van der Waals surface area contributed by atoms with Crippen molar-refractivity contribution in [3.63, 3.8) is 0 Å². The van der Waals surface area contributed by atoms with Crippen LogP contribution in [0.2, 0.25) is 5.02 Å². The highest BCUT2D eigenvalue weighted by atomic mass is 35.5. The molecule has 126 valence electrons. The summed E-state index contributed by atoms with van der Waals surface area (Å²) in [7, 11) is 0. The molecular weight excluding hydrogens is 334 g/mol. The van der Waals surface area contributed by atoms with Crippen molar-refractivity contribution >= 4 is 17.3 Å². The van der Waals surface area contributed by atoms with Crippen molar-refractivity contribution in [1.82, 2.24) is 0 Å². The van der Waals surface area contributed by atoms with Crippen LogP contribution in [0, 0.1) is 10.1 Å². The summed E-state index contributed by atoms with van der Waals surface area (Å²) in [6.07, 6.45) is 0.794. The van der Waals surface area contributed by atoms with Gasteiger partial charge in [-0.15, -0.1) is 0 Å². The van der Waals surface area contributed by atoms with Crippen LogP contribution in [-0.2, 0) is 24.4 Å². The number of hydrogen-bond acceptors (Lipinski definition) is 5. The van der Waals surface area contributed by atoms with E-state index >= 15 is 0 Å². The Bertz CT molecular complexity index is 778.